The van der Waals surface area contributed by atoms with Crippen LogP contribution < -0.4 is 14.4 Å². The van der Waals surface area contributed by atoms with E-state index in [1.807, 2.05) is 0 Å². The number of aryl methyl sites for hydroxylation is 2. The van der Waals surface area contributed by atoms with Crippen molar-refractivity contribution in [2.24, 2.45) is 0 Å². The van der Waals surface area contributed by atoms with Gasteiger partial charge in [-0.2, -0.15) is 0 Å². The molecule has 11 heteroatoms. The van der Waals surface area contributed by atoms with Crippen LogP contribution in [-0.4, -0.2) is 48.6 Å². The second kappa shape index (κ2) is 12.5. The number of unbranched alkanes of at least 4 members (excludes halogenated alkanes) is 2. The number of methoxy groups -OCH3 is 2. The number of esters is 1. The molecule has 0 bridgehead atoms. The second-order valence-electron chi connectivity index (χ2n) is 9.50. The van der Waals surface area contributed by atoms with Crippen LogP contribution in [0.4, 0.5) is 9.52 Å². The Morgan fingerprint density at radius 1 is 1.10 bits per heavy atom. The molecule has 0 radical (unpaired) electrons. The molecule has 1 saturated heterocycles. The highest BCUT2D eigenvalue weighted by atomic mass is 32.1. The van der Waals surface area contributed by atoms with Gasteiger partial charge in [0, 0.05) is 5.56 Å². The molecular weight excluding hydrogens is 551 g/mol. The number of anilines is 1. The van der Waals surface area contributed by atoms with Crippen molar-refractivity contribution < 1.29 is 38.1 Å². The zero-order chi connectivity index (χ0) is 29.8. The number of Topliss-reactive ketones (excluding diaryl/α,β-unsaturated/α-hetero) is 1. The van der Waals surface area contributed by atoms with Crippen molar-refractivity contribution >= 4 is 39.9 Å². The number of halogens is 1. The van der Waals surface area contributed by atoms with Crippen molar-refractivity contribution in [1.29, 1.82) is 0 Å². The number of amides is 1. The van der Waals surface area contributed by atoms with Gasteiger partial charge in [-0.3, -0.25) is 14.5 Å². The minimum atomic E-state index is -1.17. The zero-order valence-electron chi connectivity index (χ0n) is 23.4. The lowest BCUT2D eigenvalue weighted by Crippen LogP contribution is -2.29. The first-order chi connectivity index (χ1) is 19.6. The maximum absolute atomic E-state index is 14.4. The van der Waals surface area contributed by atoms with Crippen molar-refractivity contribution in [3.05, 3.63) is 75.0 Å². The van der Waals surface area contributed by atoms with Crippen molar-refractivity contribution in [2.45, 2.75) is 46.1 Å². The first kappa shape index (κ1) is 29.7. The van der Waals surface area contributed by atoms with Crippen LogP contribution in [0.2, 0.25) is 0 Å². The van der Waals surface area contributed by atoms with Crippen molar-refractivity contribution in [3.8, 4) is 11.5 Å². The Labute approximate surface area is 241 Å². The molecule has 4 rings (SSSR count). The van der Waals surface area contributed by atoms with Crippen LogP contribution in [0.25, 0.3) is 5.76 Å². The third kappa shape index (κ3) is 5.81. The Balaban J connectivity index is 1.89. The molecule has 0 saturated carbocycles. The van der Waals surface area contributed by atoms with Gasteiger partial charge in [-0.25, -0.2) is 14.2 Å². The van der Waals surface area contributed by atoms with Crippen molar-refractivity contribution in [3.63, 3.8) is 0 Å². The molecule has 1 aliphatic heterocycles. The van der Waals surface area contributed by atoms with E-state index in [0.29, 0.717) is 34.9 Å². The number of rotatable bonds is 10. The van der Waals surface area contributed by atoms with Gasteiger partial charge in [0.05, 0.1) is 38.1 Å². The molecule has 2 heterocycles. The molecule has 0 aliphatic carbocycles. The number of benzene rings is 2. The summed E-state index contributed by atoms with van der Waals surface area (Å²) in [5.74, 6) is -2.88. The normalized spacial score (nSPS) is 16.2. The van der Waals surface area contributed by atoms with Gasteiger partial charge in [-0.15, -0.1) is 0 Å². The Morgan fingerprint density at radius 3 is 2.51 bits per heavy atom. The third-order valence-electron chi connectivity index (χ3n) is 6.76. The molecule has 1 aromatic heterocycles. The lowest BCUT2D eigenvalue weighted by Gasteiger charge is -2.24. The number of ether oxygens (including phenoxy) is 3. The summed E-state index contributed by atoms with van der Waals surface area (Å²) in [6.07, 6.45) is 2.91. The molecular formula is C30H31FN2O7S. The lowest BCUT2D eigenvalue weighted by atomic mass is 9.94. The maximum Gasteiger partial charge on any atom is 0.350 e. The monoisotopic (exact) mass is 582 g/mol. The van der Waals surface area contributed by atoms with E-state index < -0.39 is 35.3 Å². The third-order valence-corrected chi connectivity index (χ3v) is 7.90. The predicted octanol–water partition coefficient (Wildman–Crippen LogP) is 5.89. The summed E-state index contributed by atoms with van der Waals surface area (Å²) in [5, 5.41) is 11.4. The van der Waals surface area contributed by atoms with Crippen molar-refractivity contribution in [1.82, 2.24) is 4.98 Å². The molecule has 0 spiro atoms. The summed E-state index contributed by atoms with van der Waals surface area (Å²) in [5.41, 5.74) is 0.843. The summed E-state index contributed by atoms with van der Waals surface area (Å²) >= 11 is 0.883. The quantitative estimate of drug-likeness (QED) is 0.103. The minimum absolute atomic E-state index is 0.0320. The molecule has 3 aromatic rings. The number of thiazole rings is 1. The van der Waals surface area contributed by atoms with Crippen LogP contribution in [0.1, 0.15) is 64.3 Å². The van der Waals surface area contributed by atoms with E-state index in [1.54, 1.807) is 32.0 Å². The number of carbonyl (C=O) groups excluding carboxylic acids is 3. The number of aliphatic hydroxyl groups is 1. The first-order valence-corrected chi connectivity index (χ1v) is 13.9. The van der Waals surface area contributed by atoms with Crippen LogP contribution in [-0.2, 0) is 14.3 Å². The van der Waals surface area contributed by atoms with Gasteiger partial charge < -0.3 is 19.3 Å². The molecule has 2 aromatic carbocycles. The topological polar surface area (TPSA) is 115 Å². The summed E-state index contributed by atoms with van der Waals surface area (Å²) in [4.78, 5) is 44.9. The fraction of sp³-hybridized carbons (Fsp3) is 0.333. The maximum atomic E-state index is 14.4. The van der Waals surface area contributed by atoms with Gasteiger partial charge in [-0.1, -0.05) is 49.3 Å². The van der Waals surface area contributed by atoms with Gasteiger partial charge >= 0.3 is 11.9 Å². The Morgan fingerprint density at radius 2 is 1.85 bits per heavy atom. The summed E-state index contributed by atoms with van der Waals surface area (Å²) in [6, 6.07) is 7.81. The van der Waals surface area contributed by atoms with E-state index >= 15 is 0 Å². The summed E-state index contributed by atoms with van der Waals surface area (Å²) in [7, 11) is 2.70. The number of aromatic nitrogens is 1. The van der Waals surface area contributed by atoms with Crippen LogP contribution in [0.15, 0.2) is 42.0 Å². The number of hydrogen-bond donors (Lipinski definition) is 1. The average Bonchev–Trinajstić information content (AvgIpc) is 3.47. The van der Waals surface area contributed by atoms with Crippen LogP contribution in [0, 0.1) is 19.7 Å². The highest BCUT2D eigenvalue weighted by Crippen LogP contribution is 2.45. The number of aliphatic hydroxyl groups excluding tert-OH is 1. The number of nitrogens with zero attached hydrogens (tertiary/aromatic N) is 2. The fourth-order valence-electron chi connectivity index (χ4n) is 4.52. The van der Waals surface area contributed by atoms with Gasteiger partial charge in [0.1, 0.15) is 16.5 Å². The average molecular weight is 583 g/mol. The largest absolute Gasteiger partial charge is 0.507 e. The van der Waals surface area contributed by atoms with E-state index in [0.717, 1.165) is 41.6 Å². The molecule has 9 nitrogen and oxygen atoms in total. The molecule has 1 amide bonds. The number of hydrogen-bond acceptors (Lipinski definition) is 9. The van der Waals surface area contributed by atoms with Crippen molar-refractivity contribution in [2.75, 3.05) is 25.7 Å². The summed E-state index contributed by atoms with van der Waals surface area (Å²) < 4.78 is 30.7. The highest BCUT2D eigenvalue weighted by Gasteiger charge is 2.48. The second-order valence-corrected chi connectivity index (χ2v) is 10.5. The number of carbonyl (C=O) groups is 3. The van der Waals surface area contributed by atoms with E-state index in [2.05, 4.69) is 11.9 Å². The lowest BCUT2D eigenvalue weighted by molar-refractivity contribution is -0.132. The molecule has 1 aliphatic rings. The van der Waals surface area contributed by atoms with E-state index in [9.17, 15) is 23.9 Å². The zero-order valence-corrected chi connectivity index (χ0v) is 24.3. The Hall–Kier alpha value is -4.25. The number of ketones is 1. The van der Waals surface area contributed by atoms with Crippen LogP contribution >= 0.6 is 11.3 Å². The standard InChI is InChI=1S/C30H31FN2O7S/c1-6-7-8-13-40-21-12-11-18(15-22(21)38-4)24-23(25(34)19-10-9-16(2)20(31)14-19)26(35)28(36)33(24)30-32-17(3)27(41-30)29(37)39-5/h9-12,14-15,24,34H,6-8,13H2,1-5H3/t24-/m1/s1. The predicted molar refractivity (Wildman–Crippen MR) is 152 cm³/mol. The van der Waals surface area contributed by atoms with Crippen LogP contribution in [0.3, 0.4) is 0 Å². The van der Waals surface area contributed by atoms with Crippen LogP contribution in [0.5, 0.6) is 11.5 Å². The molecule has 1 fully saturated rings. The van der Waals surface area contributed by atoms with E-state index in [1.165, 1.54) is 26.4 Å². The first-order valence-electron chi connectivity index (χ1n) is 13.1. The molecule has 0 unspecified atom stereocenters. The highest BCUT2D eigenvalue weighted by molar-refractivity contribution is 7.17. The van der Waals surface area contributed by atoms with Gasteiger partial charge in [0.25, 0.3) is 5.78 Å². The SMILES string of the molecule is CCCCCOc1ccc([C@@H]2C(=C(O)c3ccc(C)c(F)c3)C(=O)C(=O)N2c2nc(C)c(C(=O)OC)s2)cc1OC. The van der Waals surface area contributed by atoms with Gasteiger partial charge in [0.15, 0.2) is 16.6 Å². The van der Waals surface area contributed by atoms with Gasteiger partial charge in [-0.05, 0) is 49.6 Å². The molecule has 216 valence electrons. The van der Waals surface area contributed by atoms with Gasteiger partial charge in [0.2, 0.25) is 0 Å². The minimum Gasteiger partial charge on any atom is -0.507 e. The Bertz CT molecular complexity index is 1530. The Kier molecular flexibility index (Phi) is 9.07. The smallest absolute Gasteiger partial charge is 0.350 e. The summed E-state index contributed by atoms with van der Waals surface area (Å²) in [6.45, 7) is 5.73. The fourth-order valence-corrected chi connectivity index (χ4v) is 5.53. The molecule has 1 N–H and O–H groups in total. The van der Waals surface area contributed by atoms with E-state index in [-0.39, 0.29) is 21.1 Å². The molecule has 1 atom stereocenters. The molecule has 41 heavy (non-hydrogen) atoms. The van der Waals surface area contributed by atoms with E-state index in [4.69, 9.17) is 14.2 Å².